The lowest BCUT2D eigenvalue weighted by Crippen LogP contribution is -2.62. The van der Waals surface area contributed by atoms with E-state index in [1.165, 1.54) is 11.3 Å². The van der Waals surface area contributed by atoms with E-state index in [0.717, 1.165) is 71.8 Å². The molecule has 1 aromatic carbocycles. The third-order valence-electron chi connectivity index (χ3n) is 15.8. The van der Waals surface area contributed by atoms with E-state index < -0.39 is 34.9 Å². The van der Waals surface area contributed by atoms with E-state index in [1.54, 1.807) is 0 Å². The van der Waals surface area contributed by atoms with Crippen molar-refractivity contribution in [2.75, 3.05) is 27.2 Å². The van der Waals surface area contributed by atoms with Crippen LogP contribution in [0.4, 0.5) is 0 Å². The number of carbonyl (C=O) groups is 2. The van der Waals surface area contributed by atoms with Crippen molar-refractivity contribution in [3.8, 4) is 0 Å². The van der Waals surface area contributed by atoms with Crippen LogP contribution in [0.15, 0.2) is 48.1 Å². The third-order valence-corrected chi connectivity index (χ3v) is 15.8. The molecule has 0 saturated heterocycles. The molecule has 6 aliphatic rings. The summed E-state index contributed by atoms with van der Waals surface area (Å²) in [6, 6.07) is 1.78. The molecule has 302 valence electrons. The predicted molar refractivity (Wildman–Crippen MR) is 224 cm³/mol. The van der Waals surface area contributed by atoms with Gasteiger partial charge in [0.05, 0.1) is 34.5 Å². The van der Waals surface area contributed by atoms with Gasteiger partial charge in [0.15, 0.2) is 5.78 Å². The SMILES string of the molecule is C=C(C)C1C(=O)c2c3c(cc4c5c(n1c24)C1(C)C(CCC2C(C)(/C=C/C=C(\C)C(=O)NCCCN(C)C)C(O)CCC21C)C5)C1=CC(C)(C)OC(C)(C)C1C3O. The van der Waals surface area contributed by atoms with Crippen LogP contribution in [-0.2, 0) is 21.4 Å². The first kappa shape index (κ1) is 39.5. The first-order chi connectivity index (χ1) is 26.1. The fourth-order valence-corrected chi connectivity index (χ4v) is 13.3. The second-order valence-electron chi connectivity index (χ2n) is 20.4. The maximum atomic E-state index is 15.0. The van der Waals surface area contributed by atoms with Gasteiger partial charge in [-0.25, -0.2) is 0 Å². The number of Topliss-reactive ketones (excluding diaryl/α,β-unsaturated/α-hetero) is 1. The number of nitrogens with one attached hydrogen (secondary N) is 1. The molecule has 1 amide bonds. The highest BCUT2D eigenvalue weighted by atomic mass is 16.5. The number of benzene rings is 1. The number of hydrogen-bond donors (Lipinski definition) is 3. The Labute approximate surface area is 334 Å². The lowest BCUT2D eigenvalue weighted by Gasteiger charge is -2.64. The van der Waals surface area contributed by atoms with E-state index in [-0.39, 0.29) is 34.4 Å². The average Bonchev–Trinajstić information content (AvgIpc) is 3.77. The lowest BCUT2D eigenvalue weighted by atomic mass is 9.40. The molecule has 2 saturated carbocycles. The monoisotopic (exact) mass is 763 g/mol. The van der Waals surface area contributed by atoms with E-state index in [9.17, 15) is 19.8 Å². The van der Waals surface area contributed by atoms with Crippen LogP contribution in [0, 0.1) is 28.6 Å². The van der Waals surface area contributed by atoms with E-state index >= 15 is 0 Å². The normalized spacial score (nSPS) is 36.4. The molecule has 2 aromatic rings. The summed E-state index contributed by atoms with van der Waals surface area (Å²) in [5.74, 6) is 0.264. The van der Waals surface area contributed by atoms with Crippen LogP contribution in [0.3, 0.4) is 0 Å². The van der Waals surface area contributed by atoms with Crippen LogP contribution < -0.4 is 5.32 Å². The molecule has 9 atom stereocenters. The highest BCUT2D eigenvalue weighted by Gasteiger charge is 2.67. The molecule has 3 heterocycles. The van der Waals surface area contributed by atoms with Gasteiger partial charge >= 0.3 is 0 Å². The molecule has 4 aliphatic carbocycles. The number of aliphatic hydroxyl groups excluding tert-OH is 2. The van der Waals surface area contributed by atoms with Gasteiger partial charge < -0.3 is 29.7 Å². The minimum Gasteiger partial charge on any atom is -0.392 e. The minimum atomic E-state index is -0.855. The number of allylic oxidation sites excluding steroid dienone is 3. The van der Waals surface area contributed by atoms with Gasteiger partial charge in [-0.1, -0.05) is 51.2 Å². The molecule has 8 heteroatoms. The molecular formula is C48H65N3O5. The standard InChI is InChI=1S/C48H65N3O5/c1-26(2)38-41(54)36-35-29(32-25-44(4,5)56-45(6,7)37(32)40(35)53)24-30-31-23-28-16-17-33-46(8,19-13-15-27(3)43(55)49-21-14-22-50(11)12)34(52)18-20-47(33,9)48(28,10)42(31)51(38)39(30)36/h13,15,19,24-25,28,33-34,37-38,40,52-53H,1,14,16-18,20-23H2,2-12H3,(H,49,55)/b19-13+,27-15+. The highest BCUT2D eigenvalue weighted by Crippen LogP contribution is 2.71. The quantitative estimate of drug-likeness (QED) is 0.109. The van der Waals surface area contributed by atoms with Crippen LogP contribution in [0.25, 0.3) is 16.5 Å². The van der Waals surface area contributed by atoms with Crippen LogP contribution in [-0.4, -0.2) is 75.9 Å². The van der Waals surface area contributed by atoms with E-state index in [4.69, 9.17) is 4.74 Å². The lowest BCUT2D eigenvalue weighted by molar-refractivity contribution is -0.144. The smallest absolute Gasteiger partial charge is 0.246 e. The Kier molecular flexibility index (Phi) is 9.07. The summed E-state index contributed by atoms with van der Waals surface area (Å²) in [6.45, 7) is 25.2. The predicted octanol–water partition coefficient (Wildman–Crippen LogP) is 8.17. The zero-order valence-electron chi connectivity index (χ0n) is 35.7. The fourth-order valence-electron chi connectivity index (χ4n) is 13.3. The summed E-state index contributed by atoms with van der Waals surface area (Å²) >= 11 is 0. The van der Waals surface area contributed by atoms with Crippen molar-refractivity contribution in [1.29, 1.82) is 0 Å². The molecule has 8 rings (SSSR count). The Balaban J connectivity index is 1.23. The number of rotatable bonds is 8. The summed E-state index contributed by atoms with van der Waals surface area (Å²) in [4.78, 5) is 30.0. The second-order valence-corrected chi connectivity index (χ2v) is 20.4. The van der Waals surface area contributed by atoms with Gasteiger partial charge in [0.2, 0.25) is 5.91 Å². The van der Waals surface area contributed by atoms with Crippen molar-refractivity contribution in [1.82, 2.24) is 14.8 Å². The summed E-state index contributed by atoms with van der Waals surface area (Å²) in [5, 5.41) is 28.3. The molecule has 0 spiro atoms. The molecular weight excluding hydrogens is 699 g/mol. The number of ketones is 1. The van der Waals surface area contributed by atoms with Crippen molar-refractivity contribution in [3.05, 3.63) is 76.0 Å². The zero-order chi connectivity index (χ0) is 40.7. The number of ether oxygens (including phenoxy) is 1. The number of nitrogens with zero attached hydrogens (tertiary/aromatic N) is 2. The first-order valence-electron chi connectivity index (χ1n) is 21.1. The Morgan fingerprint density at radius 3 is 2.48 bits per heavy atom. The molecule has 3 N–H and O–H groups in total. The van der Waals surface area contributed by atoms with Crippen molar-refractivity contribution < 1.29 is 24.5 Å². The molecule has 1 aromatic heterocycles. The van der Waals surface area contributed by atoms with Crippen LogP contribution in [0.1, 0.15) is 139 Å². The van der Waals surface area contributed by atoms with Gasteiger partial charge in [0.1, 0.15) is 6.04 Å². The summed E-state index contributed by atoms with van der Waals surface area (Å²) in [5.41, 5.74) is 6.44. The zero-order valence-corrected chi connectivity index (χ0v) is 35.7. The van der Waals surface area contributed by atoms with E-state index in [2.05, 4.69) is 88.0 Å². The summed E-state index contributed by atoms with van der Waals surface area (Å²) in [6.07, 6.45) is 12.3. The van der Waals surface area contributed by atoms with Gasteiger partial charge in [-0.2, -0.15) is 0 Å². The third kappa shape index (κ3) is 5.30. The maximum absolute atomic E-state index is 15.0. The van der Waals surface area contributed by atoms with E-state index in [0.29, 0.717) is 30.0 Å². The van der Waals surface area contributed by atoms with Gasteiger partial charge in [-0.05, 0) is 147 Å². The molecule has 9 unspecified atom stereocenters. The highest BCUT2D eigenvalue weighted by molar-refractivity contribution is 6.18. The van der Waals surface area contributed by atoms with Crippen LogP contribution in [0.5, 0.6) is 0 Å². The Bertz CT molecular complexity index is 2150. The topological polar surface area (TPSA) is 104 Å². The van der Waals surface area contributed by atoms with Crippen molar-refractivity contribution >= 4 is 28.2 Å². The minimum absolute atomic E-state index is 0.0359. The number of amides is 1. The van der Waals surface area contributed by atoms with Crippen molar-refractivity contribution in [2.24, 2.45) is 28.6 Å². The molecule has 0 bridgehead atoms. The van der Waals surface area contributed by atoms with Crippen molar-refractivity contribution in [2.45, 2.75) is 136 Å². The first-order valence-corrected chi connectivity index (χ1v) is 21.1. The van der Waals surface area contributed by atoms with Gasteiger partial charge in [-0.15, -0.1) is 0 Å². The van der Waals surface area contributed by atoms with E-state index in [1.807, 2.05) is 40.1 Å². The second kappa shape index (κ2) is 12.8. The molecule has 2 fully saturated rings. The summed E-state index contributed by atoms with van der Waals surface area (Å²) in [7, 11) is 4.06. The number of fused-ring (bicyclic) bond motifs is 11. The van der Waals surface area contributed by atoms with Gasteiger partial charge in [0, 0.05) is 45.5 Å². The summed E-state index contributed by atoms with van der Waals surface area (Å²) < 4.78 is 8.92. The largest absolute Gasteiger partial charge is 0.392 e. The number of carbonyl (C=O) groups excluding carboxylic acids is 2. The number of hydrogen-bond acceptors (Lipinski definition) is 6. The van der Waals surface area contributed by atoms with Crippen molar-refractivity contribution in [3.63, 3.8) is 0 Å². The van der Waals surface area contributed by atoms with Gasteiger partial charge in [-0.3, -0.25) is 9.59 Å². The van der Waals surface area contributed by atoms with Gasteiger partial charge in [0.25, 0.3) is 0 Å². The molecule has 56 heavy (non-hydrogen) atoms. The van der Waals surface area contributed by atoms with Crippen LogP contribution in [0.2, 0.25) is 0 Å². The average molecular weight is 764 g/mol. The fraction of sp³-hybridized carbons (Fsp3) is 0.625. The molecule has 2 aliphatic heterocycles. The molecule has 0 radical (unpaired) electrons. The Hall–Kier alpha value is -3.30. The van der Waals surface area contributed by atoms with Crippen LogP contribution >= 0.6 is 0 Å². The molecule has 8 nitrogen and oxygen atoms in total. The Morgan fingerprint density at radius 1 is 1.09 bits per heavy atom. The number of aliphatic hydroxyl groups is 2. The number of aromatic nitrogens is 1. The maximum Gasteiger partial charge on any atom is 0.246 e. The Morgan fingerprint density at radius 2 is 1.80 bits per heavy atom.